The molecule has 29 heavy (non-hydrogen) atoms. The van der Waals surface area contributed by atoms with Crippen LogP contribution in [-0.2, 0) is 21.5 Å². The Hall–Kier alpha value is -2.28. The van der Waals surface area contributed by atoms with Crippen molar-refractivity contribution in [3.63, 3.8) is 0 Å². The van der Waals surface area contributed by atoms with Gasteiger partial charge in [-0.15, -0.1) is 0 Å². The normalized spacial score (nSPS) is 23.8. The van der Waals surface area contributed by atoms with Gasteiger partial charge in [-0.2, -0.15) is 0 Å². The first-order valence-electron chi connectivity index (χ1n) is 10.3. The van der Waals surface area contributed by atoms with E-state index in [0.29, 0.717) is 56.7 Å². The summed E-state index contributed by atoms with van der Waals surface area (Å²) in [6, 6.07) is 4.02. The second-order valence-electron chi connectivity index (χ2n) is 8.36. The first-order chi connectivity index (χ1) is 13.8. The molecule has 1 fully saturated rings. The van der Waals surface area contributed by atoms with Crippen molar-refractivity contribution in [2.75, 3.05) is 41.4 Å². The summed E-state index contributed by atoms with van der Waals surface area (Å²) in [5.74, 6) is 0.382. The lowest BCUT2D eigenvalue weighted by Gasteiger charge is -2.51. The largest absolute Gasteiger partial charge is 0.493 e. The minimum absolute atomic E-state index is 0.132. The van der Waals surface area contributed by atoms with Crippen LogP contribution < -0.4 is 9.47 Å². The van der Waals surface area contributed by atoms with Crippen molar-refractivity contribution in [3.8, 4) is 11.5 Å². The number of fused-ring (bicyclic) bond motifs is 2. The van der Waals surface area contributed by atoms with Gasteiger partial charge in [-0.05, 0) is 69.5 Å². The number of nitrogens with zero attached hydrogens (tertiary/aromatic N) is 2. The Morgan fingerprint density at radius 2 is 1.79 bits per heavy atom. The molecular formula is C22H32N2O5. The number of benzene rings is 1. The minimum atomic E-state index is -0.742. The van der Waals surface area contributed by atoms with Crippen molar-refractivity contribution in [1.82, 2.24) is 9.80 Å². The number of ether oxygens (including phenoxy) is 2. The molecule has 7 nitrogen and oxygen atoms in total. The number of carbonyl (C=O) groups excluding carboxylic acids is 1. The maximum absolute atomic E-state index is 13.2. The molecule has 3 rings (SSSR count). The van der Waals surface area contributed by atoms with Gasteiger partial charge in [0.25, 0.3) is 0 Å². The van der Waals surface area contributed by atoms with E-state index in [1.807, 2.05) is 36.0 Å². The Balaban J connectivity index is 2.02. The molecule has 0 atom stereocenters. The molecule has 1 spiro atoms. The molecule has 1 heterocycles. The maximum Gasteiger partial charge on any atom is 0.306 e. The summed E-state index contributed by atoms with van der Waals surface area (Å²) in [7, 11) is 7.16. The topological polar surface area (TPSA) is 79.3 Å². The Kier molecular flexibility index (Phi) is 6.36. The van der Waals surface area contributed by atoms with Gasteiger partial charge in [0.1, 0.15) is 0 Å². The predicted octanol–water partition coefficient (Wildman–Crippen LogP) is 2.51. The van der Waals surface area contributed by atoms with Gasteiger partial charge in [0.15, 0.2) is 11.5 Å². The Labute approximate surface area is 172 Å². The van der Waals surface area contributed by atoms with Gasteiger partial charge >= 0.3 is 5.97 Å². The number of amides is 1. The molecule has 0 unspecified atom stereocenters. The first kappa shape index (κ1) is 21.4. The van der Waals surface area contributed by atoms with Crippen LogP contribution in [0.3, 0.4) is 0 Å². The van der Waals surface area contributed by atoms with Crippen LogP contribution in [0.1, 0.15) is 43.2 Å². The number of carboxylic acid groups (broad SMARTS) is 1. The molecule has 7 heteroatoms. The highest BCUT2D eigenvalue weighted by molar-refractivity contribution is 5.78. The average molecular weight is 405 g/mol. The quantitative estimate of drug-likeness (QED) is 0.785. The number of methoxy groups -OCH3 is 2. The van der Waals surface area contributed by atoms with Gasteiger partial charge < -0.3 is 24.4 Å². The van der Waals surface area contributed by atoms with Gasteiger partial charge in [0, 0.05) is 19.5 Å². The van der Waals surface area contributed by atoms with Gasteiger partial charge in [0.05, 0.1) is 25.7 Å². The lowest BCUT2D eigenvalue weighted by Crippen LogP contribution is -2.55. The number of carbonyl (C=O) groups is 2. The molecule has 0 saturated heterocycles. The Morgan fingerprint density at radius 3 is 2.34 bits per heavy atom. The van der Waals surface area contributed by atoms with Crippen molar-refractivity contribution in [1.29, 1.82) is 0 Å². The molecule has 160 valence electrons. The molecule has 1 aromatic carbocycles. The summed E-state index contributed by atoms with van der Waals surface area (Å²) >= 11 is 0. The molecule has 0 aromatic heterocycles. The van der Waals surface area contributed by atoms with Crippen LogP contribution in [0.15, 0.2) is 12.1 Å². The van der Waals surface area contributed by atoms with Gasteiger partial charge in [-0.3, -0.25) is 9.59 Å². The standard InChI is InChI=1S/C22H32N2O5/c1-23(2)11-8-20(25)24-12-7-16-13-18(28-3)19(29-4)14-17(16)22(24)9-5-15(6-10-22)21(26)27/h13-15H,5-12H2,1-4H3,(H,26,27)/t15-,22+. The minimum Gasteiger partial charge on any atom is -0.493 e. The van der Waals surface area contributed by atoms with Crippen molar-refractivity contribution >= 4 is 11.9 Å². The zero-order chi connectivity index (χ0) is 21.2. The van der Waals surface area contributed by atoms with Gasteiger partial charge in [-0.1, -0.05) is 0 Å². The molecule has 1 aliphatic carbocycles. The maximum atomic E-state index is 13.2. The summed E-state index contributed by atoms with van der Waals surface area (Å²) < 4.78 is 11.0. The van der Waals surface area contributed by atoms with Crippen LogP contribution in [0.25, 0.3) is 0 Å². The molecular weight excluding hydrogens is 372 g/mol. The fraction of sp³-hybridized carbons (Fsp3) is 0.636. The molecule has 0 bridgehead atoms. The van der Waals surface area contributed by atoms with Crippen LogP contribution in [0.4, 0.5) is 0 Å². The lowest BCUT2D eigenvalue weighted by atomic mass is 9.68. The third-order valence-electron chi connectivity index (χ3n) is 6.47. The highest BCUT2D eigenvalue weighted by Gasteiger charge is 2.48. The SMILES string of the molecule is COc1cc2c(cc1OC)[C@]1(CC[C@H](C(=O)O)CC1)N(C(=O)CCN(C)C)CC2. The van der Waals surface area contributed by atoms with E-state index in [4.69, 9.17) is 9.47 Å². The van der Waals surface area contributed by atoms with Crippen LogP contribution in [0.5, 0.6) is 11.5 Å². The van der Waals surface area contributed by atoms with Crippen molar-refractivity contribution in [2.24, 2.45) is 5.92 Å². The van der Waals surface area contributed by atoms with Crippen molar-refractivity contribution in [2.45, 2.75) is 44.1 Å². The van der Waals surface area contributed by atoms with Gasteiger partial charge in [-0.25, -0.2) is 0 Å². The van der Waals surface area contributed by atoms with Crippen LogP contribution >= 0.6 is 0 Å². The number of hydrogen-bond acceptors (Lipinski definition) is 5. The molecule has 1 N–H and O–H groups in total. The number of rotatable bonds is 6. The summed E-state index contributed by atoms with van der Waals surface area (Å²) in [4.78, 5) is 28.8. The smallest absolute Gasteiger partial charge is 0.306 e. The second-order valence-corrected chi connectivity index (χ2v) is 8.36. The van der Waals surface area contributed by atoms with E-state index in [0.717, 1.165) is 17.5 Å². The molecule has 1 saturated carbocycles. The van der Waals surface area contributed by atoms with Crippen molar-refractivity contribution < 1.29 is 24.2 Å². The van der Waals surface area contributed by atoms with E-state index in [2.05, 4.69) is 0 Å². The fourth-order valence-electron chi connectivity index (χ4n) is 4.85. The van der Waals surface area contributed by atoms with E-state index in [9.17, 15) is 14.7 Å². The Morgan fingerprint density at radius 1 is 1.17 bits per heavy atom. The molecule has 0 radical (unpaired) electrons. The summed E-state index contributed by atoms with van der Waals surface area (Å²) in [6.45, 7) is 1.34. The van der Waals surface area contributed by atoms with E-state index in [1.54, 1.807) is 14.2 Å². The zero-order valence-electron chi connectivity index (χ0n) is 17.9. The molecule has 1 aliphatic heterocycles. The van der Waals surface area contributed by atoms with E-state index >= 15 is 0 Å². The third kappa shape index (κ3) is 4.06. The predicted molar refractivity (Wildman–Crippen MR) is 109 cm³/mol. The fourth-order valence-corrected chi connectivity index (χ4v) is 4.85. The summed E-state index contributed by atoms with van der Waals surface area (Å²) in [6.07, 6.45) is 3.66. The van der Waals surface area contributed by atoms with Crippen molar-refractivity contribution in [3.05, 3.63) is 23.3 Å². The summed E-state index contributed by atoms with van der Waals surface area (Å²) in [5, 5.41) is 9.47. The second kappa shape index (κ2) is 8.61. The lowest BCUT2D eigenvalue weighted by molar-refractivity contribution is -0.147. The van der Waals surface area contributed by atoms with E-state index in [1.165, 1.54) is 0 Å². The van der Waals surface area contributed by atoms with Crippen LogP contribution in [0, 0.1) is 5.92 Å². The Bertz CT molecular complexity index is 769. The monoisotopic (exact) mass is 404 g/mol. The number of hydrogen-bond donors (Lipinski definition) is 1. The number of carboxylic acids is 1. The first-order valence-corrected chi connectivity index (χ1v) is 10.3. The van der Waals surface area contributed by atoms with Crippen LogP contribution in [-0.4, -0.2) is 68.2 Å². The third-order valence-corrected chi connectivity index (χ3v) is 6.47. The van der Waals surface area contributed by atoms with Crippen LogP contribution in [0.2, 0.25) is 0 Å². The van der Waals surface area contributed by atoms with E-state index in [-0.39, 0.29) is 11.8 Å². The molecule has 1 amide bonds. The van der Waals surface area contributed by atoms with Gasteiger partial charge in [0.2, 0.25) is 5.91 Å². The van der Waals surface area contributed by atoms with E-state index < -0.39 is 11.5 Å². The number of aliphatic carboxylic acids is 1. The zero-order valence-corrected chi connectivity index (χ0v) is 17.9. The molecule has 2 aliphatic rings. The average Bonchev–Trinajstić information content (AvgIpc) is 2.71. The highest BCUT2D eigenvalue weighted by Crippen LogP contribution is 2.50. The molecule has 1 aromatic rings. The highest BCUT2D eigenvalue weighted by atomic mass is 16.5. The summed E-state index contributed by atoms with van der Waals surface area (Å²) in [5.41, 5.74) is 1.78.